The molecule has 1 aromatic rings. The van der Waals surface area contributed by atoms with Crippen molar-refractivity contribution >= 4 is 12.4 Å². The molecule has 0 heterocycles. The second kappa shape index (κ2) is 6.62. The van der Waals surface area contributed by atoms with Gasteiger partial charge in [0.15, 0.2) is 0 Å². The highest BCUT2D eigenvalue weighted by molar-refractivity contribution is 5.85. The normalized spacial score (nSPS) is 19.3. The van der Waals surface area contributed by atoms with Crippen LogP contribution in [0.3, 0.4) is 0 Å². The third-order valence-corrected chi connectivity index (χ3v) is 3.75. The molecule has 2 rings (SSSR count). The number of fused-ring (bicyclic) bond motifs is 1. The number of benzene rings is 1. The molecule has 1 aliphatic rings. The Morgan fingerprint density at radius 2 is 1.74 bits per heavy atom. The molecule has 1 unspecified atom stereocenters. The number of hydrogen-bond acceptors (Lipinski definition) is 1. The lowest BCUT2D eigenvalue weighted by Gasteiger charge is -2.11. The molecule has 19 heavy (non-hydrogen) atoms. The molecule has 0 bridgehead atoms. The monoisotopic (exact) mass is 293 g/mol. The number of aryl methyl sites for hydroxylation is 2. The van der Waals surface area contributed by atoms with Crippen molar-refractivity contribution < 1.29 is 13.2 Å². The van der Waals surface area contributed by atoms with E-state index in [1.807, 2.05) is 0 Å². The fraction of sp³-hybridized carbons (Fsp3) is 0.571. The van der Waals surface area contributed by atoms with Crippen LogP contribution < -0.4 is 5.73 Å². The second-order valence-corrected chi connectivity index (χ2v) is 5.00. The molecule has 0 aromatic heterocycles. The highest BCUT2D eigenvalue weighted by atomic mass is 35.5. The fourth-order valence-electron chi connectivity index (χ4n) is 2.67. The van der Waals surface area contributed by atoms with Gasteiger partial charge in [-0.25, -0.2) is 0 Å². The van der Waals surface area contributed by atoms with Crippen molar-refractivity contribution in [1.29, 1.82) is 0 Å². The summed E-state index contributed by atoms with van der Waals surface area (Å²) in [6, 6.07) is 4.16. The van der Waals surface area contributed by atoms with Gasteiger partial charge in [0, 0.05) is 0 Å². The summed E-state index contributed by atoms with van der Waals surface area (Å²) in [5.41, 5.74) is 6.96. The van der Waals surface area contributed by atoms with Gasteiger partial charge in [-0.1, -0.05) is 6.07 Å². The quantitative estimate of drug-likeness (QED) is 0.820. The first-order valence-corrected chi connectivity index (χ1v) is 6.40. The zero-order valence-electron chi connectivity index (χ0n) is 10.7. The fourth-order valence-corrected chi connectivity index (χ4v) is 2.67. The Balaban J connectivity index is 0.00000180. The highest BCUT2D eigenvalue weighted by Crippen LogP contribution is 2.33. The summed E-state index contributed by atoms with van der Waals surface area (Å²) in [5.74, 6) is 0.553. The van der Waals surface area contributed by atoms with Gasteiger partial charge in [0.2, 0.25) is 0 Å². The van der Waals surface area contributed by atoms with Gasteiger partial charge in [-0.05, 0) is 67.8 Å². The molecule has 5 heteroatoms. The van der Waals surface area contributed by atoms with Crippen molar-refractivity contribution in [3.8, 4) is 0 Å². The molecular weight excluding hydrogens is 275 g/mol. The van der Waals surface area contributed by atoms with Gasteiger partial charge in [0.25, 0.3) is 0 Å². The van der Waals surface area contributed by atoms with E-state index in [1.165, 1.54) is 12.1 Å². The summed E-state index contributed by atoms with van der Waals surface area (Å²) in [5, 5.41) is 0. The van der Waals surface area contributed by atoms with Crippen molar-refractivity contribution in [2.24, 2.45) is 11.7 Å². The summed E-state index contributed by atoms with van der Waals surface area (Å²) in [6.07, 6.45) is 0.335. The van der Waals surface area contributed by atoms with Crippen molar-refractivity contribution in [3.63, 3.8) is 0 Å². The number of alkyl halides is 3. The van der Waals surface area contributed by atoms with E-state index in [2.05, 4.69) is 0 Å². The van der Waals surface area contributed by atoms with E-state index >= 15 is 0 Å². The number of hydrogen-bond donors (Lipinski definition) is 1. The van der Waals surface area contributed by atoms with Crippen LogP contribution in [-0.2, 0) is 19.0 Å². The van der Waals surface area contributed by atoms with Gasteiger partial charge in [-0.2, -0.15) is 13.2 Å². The molecule has 0 amide bonds. The maximum atomic E-state index is 12.6. The Labute approximate surface area is 117 Å². The summed E-state index contributed by atoms with van der Waals surface area (Å²) in [6.45, 7) is 0.662. The maximum absolute atomic E-state index is 12.6. The molecule has 108 valence electrons. The van der Waals surface area contributed by atoms with Crippen molar-refractivity contribution in [2.45, 2.75) is 38.3 Å². The smallest absolute Gasteiger partial charge is 0.330 e. The van der Waals surface area contributed by atoms with Crippen LogP contribution in [0.5, 0.6) is 0 Å². The molecule has 0 radical (unpaired) electrons. The van der Waals surface area contributed by atoms with Crippen LogP contribution in [0.4, 0.5) is 13.2 Å². The van der Waals surface area contributed by atoms with Crippen LogP contribution in [-0.4, -0.2) is 6.54 Å². The predicted molar refractivity (Wildman–Crippen MR) is 72.5 cm³/mol. The molecule has 1 aliphatic carbocycles. The predicted octanol–water partition coefficient (Wildman–Crippen LogP) is 3.97. The Morgan fingerprint density at radius 1 is 1.11 bits per heavy atom. The molecule has 0 saturated carbocycles. The Kier molecular flexibility index (Phi) is 5.68. The van der Waals surface area contributed by atoms with Crippen molar-refractivity contribution in [1.82, 2.24) is 0 Å². The zero-order valence-corrected chi connectivity index (χ0v) is 11.5. The minimum absolute atomic E-state index is 0. The van der Waals surface area contributed by atoms with Gasteiger partial charge in [-0.3, -0.25) is 0 Å². The molecule has 0 fully saturated rings. The lowest BCUT2D eigenvalue weighted by molar-refractivity contribution is -0.137. The van der Waals surface area contributed by atoms with Gasteiger partial charge in [-0.15, -0.1) is 12.4 Å². The summed E-state index contributed by atoms with van der Waals surface area (Å²) < 4.78 is 37.9. The van der Waals surface area contributed by atoms with Gasteiger partial charge >= 0.3 is 6.18 Å². The second-order valence-electron chi connectivity index (χ2n) is 5.00. The van der Waals surface area contributed by atoms with E-state index in [1.54, 1.807) is 6.07 Å². The third kappa shape index (κ3) is 4.11. The largest absolute Gasteiger partial charge is 0.416 e. The van der Waals surface area contributed by atoms with Crippen LogP contribution in [0.2, 0.25) is 0 Å². The van der Waals surface area contributed by atoms with Crippen LogP contribution in [0, 0.1) is 5.92 Å². The van der Waals surface area contributed by atoms with Gasteiger partial charge in [0.05, 0.1) is 5.56 Å². The standard InChI is InChI=1S/C14H18F3N.ClH/c15-14(16,17)13-6-5-11-3-1-10(7-8-18)2-4-12(11)9-13;/h5-6,9-10H,1-4,7-8,18H2;1H. The molecule has 0 spiro atoms. The third-order valence-electron chi connectivity index (χ3n) is 3.75. The Morgan fingerprint density at radius 3 is 2.32 bits per heavy atom. The summed E-state index contributed by atoms with van der Waals surface area (Å²) in [7, 11) is 0. The summed E-state index contributed by atoms with van der Waals surface area (Å²) >= 11 is 0. The van der Waals surface area contributed by atoms with Crippen LogP contribution in [0.15, 0.2) is 18.2 Å². The first-order chi connectivity index (χ1) is 8.50. The average Bonchev–Trinajstić information content (AvgIpc) is 2.51. The van der Waals surface area contributed by atoms with Crippen molar-refractivity contribution in [3.05, 3.63) is 34.9 Å². The van der Waals surface area contributed by atoms with E-state index in [0.717, 1.165) is 43.2 Å². The summed E-state index contributed by atoms with van der Waals surface area (Å²) in [4.78, 5) is 0. The van der Waals surface area contributed by atoms with Crippen LogP contribution in [0.1, 0.15) is 36.0 Å². The molecule has 0 aliphatic heterocycles. The topological polar surface area (TPSA) is 26.0 Å². The van der Waals surface area contributed by atoms with E-state index < -0.39 is 11.7 Å². The molecule has 1 aromatic carbocycles. The lowest BCUT2D eigenvalue weighted by Crippen LogP contribution is -2.08. The van der Waals surface area contributed by atoms with Gasteiger partial charge in [0.1, 0.15) is 0 Å². The molecular formula is C14H19ClF3N. The van der Waals surface area contributed by atoms with E-state index in [9.17, 15) is 13.2 Å². The van der Waals surface area contributed by atoms with Crippen LogP contribution in [0.25, 0.3) is 0 Å². The number of nitrogens with two attached hydrogens (primary N) is 1. The molecule has 1 nitrogen and oxygen atoms in total. The molecule has 1 atom stereocenters. The lowest BCUT2D eigenvalue weighted by atomic mass is 9.96. The first kappa shape index (κ1) is 16.3. The van der Waals surface area contributed by atoms with Crippen molar-refractivity contribution in [2.75, 3.05) is 6.54 Å². The SMILES string of the molecule is Cl.NCCC1CCc2ccc(C(F)(F)F)cc2CC1. The van der Waals surface area contributed by atoms with Gasteiger partial charge < -0.3 is 5.73 Å². The average molecular weight is 294 g/mol. The van der Waals surface area contributed by atoms with Crippen LogP contribution >= 0.6 is 12.4 Å². The Bertz CT molecular complexity index is 418. The first-order valence-electron chi connectivity index (χ1n) is 6.40. The minimum Gasteiger partial charge on any atom is -0.330 e. The van der Waals surface area contributed by atoms with E-state index in [-0.39, 0.29) is 12.4 Å². The van der Waals surface area contributed by atoms with E-state index in [0.29, 0.717) is 12.5 Å². The Hall–Kier alpha value is -0.740. The number of halogens is 4. The van der Waals surface area contributed by atoms with E-state index in [4.69, 9.17) is 5.73 Å². The highest BCUT2D eigenvalue weighted by Gasteiger charge is 2.31. The maximum Gasteiger partial charge on any atom is 0.416 e. The molecule has 2 N–H and O–H groups in total. The zero-order chi connectivity index (χ0) is 13.2. The number of rotatable bonds is 2. The minimum atomic E-state index is -4.24. The molecule has 0 saturated heterocycles.